The lowest BCUT2D eigenvalue weighted by Crippen LogP contribution is -2.18. The second-order valence-corrected chi connectivity index (χ2v) is 17.8. The number of allylic oxidation sites excluding steroid dienone is 4. The zero-order valence-corrected chi connectivity index (χ0v) is 36.6. The van der Waals surface area contributed by atoms with Crippen LogP contribution in [0.15, 0.2) is 72.8 Å². The molecule has 0 radical (unpaired) electrons. The Morgan fingerprint density at radius 2 is 0.517 bits per heavy atom. The molecule has 0 aromatic heterocycles. The normalized spacial score (nSPS) is 18.7. The predicted molar refractivity (Wildman–Crippen MR) is 247 cm³/mol. The summed E-state index contributed by atoms with van der Waals surface area (Å²) in [5.74, 6) is 1.48. The van der Waals surface area contributed by atoms with Gasteiger partial charge in [0.15, 0.2) is 0 Å². The van der Waals surface area contributed by atoms with E-state index in [0.717, 1.165) is 145 Å². The molecule has 0 saturated carbocycles. The minimum absolute atomic E-state index is 0.371. The Morgan fingerprint density at radius 1 is 0.333 bits per heavy atom. The molecule has 8 nitrogen and oxygen atoms in total. The average Bonchev–Trinajstić information content (AvgIpc) is 4.11. The van der Waals surface area contributed by atoms with Gasteiger partial charge in [0.05, 0.1) is 0 Å². The van der Waals surface area contributed by atoms with E-state index in [4.69, 9.17) is 0 Å². The lowest BCUT2D eigenvalue weighted by atomic mass is 9.95. The molecular weight excluding hydrogens is 745 g/mol. The summed E-state index contributed by atoms with van der Waals surface area (Å²) < 4.78 is 0. The van der Waals surface area contributed by atoms with Crippen LogP contribution in [0.5, 0.6) is 23.0 Å². The van der Waals surface area contributed by atoms with Gasteiger partial charge in [-0.25, -0.2) is 0 Å². The Morgan fingerprint density at radius 3 is 0.683 bits per heavy atom. The van der Waals surface area contributed by atoms with Crippen LogP contribution in [0.2, 0.25) is 0 Å². The average molecular weight is 813 g/mol. The van der Waals surface area contributed by atoms with Crippen LogP contribution in [0.25, 0.3) is 22.3 Å². The van der Waals surface area contributed by atoms with E-state index in [1.807, 2.05) is 24.3 Å². The molecule has 0 atom stereocenters. The third-order valence-electron chi connectivity index (χ3n) is 13.6. The van der Waals surface area contributed by atoms with E-state index in [1.54, 1.807) is 0 Å². The Bertz CT molecular complexity index is 1850. The quantitative estimate of drug-likeness (QED) is 0.105. The first-order valence-electron chi connectivity index (χ1n) is 22.6. The van der Waals surface area contributed by atoms with Gasteiger partial charge < -0.3 is 20.4 Å². The highest BCUT2D eigenvalue weighted by molar-refractivity contribution is 5.90. The summed E-state index contributed by atoms with van der Waals surface area (Å²) in [5.41, 5.74) is 12.5. The molecule has 4 aliphatic rings. The number of benzene rings is 4. The van der Waals surface area contributed by atoms with E-state index in [2.05, 4.69) is 95.8 Å². The smallest absolute Gasteiger partial charge is 0.120 e. The number of rotatable bonds is 12. The van der Waals surface area contributed by atoms with Gasteiger partial charge in [-0.1, -0.05) is 48.5 Å². The summed E-state index contributed by atoms with van der Waals surface area (Å²) in [6, 6.07) is 24.1. The second-order valence-electron chi connectivity index (χ2n) is 17.8. The number of nitrogens with zero attached hydrogens (tertiary/aromatic N) is 4. The van der Waals surface area contributed by atoms with Gasteiger partial charge in [-0.15, -0.1) is 0 Å². The fourth-order valence-corrected chi connectivity index (χ4v) is 9.32. The summed E-state index contributed by atoms with van der Waals surface area (Å²) in [4.78, 5) is 9.59. The highest BCUT2D eigenvalue weighted by atomic mass is 16.3. The molecular formula is C52H68N4O4. The van der Waals surface area contributed by atoms with Crippen LogP contribution >= 0.6 is 0 Å². The first kappa shape index (κ1) is 43.5. The lowest BCUT2D eigenvalue weighted by molar-refractivity contribution is 0.324. The molecule has 320 valence electrons. The van der Waals surface area contributed by atoms with E-state index in [0.29, 0.717) is 23.0 Å². The van der Waals surface area contributed by atoms with Crippen molar-refractivity contribution in [1.29, 1.82) is 0 Å². The van der Waals surface area contributed by atoms with Crippen LogP contribution in [0.3, 0.4) is 0 Å². The SMILES string of the molecule is C/C(=C(/C)c1ccc(CN2CCCC2)c(O)c1)c1ccc(CN2CCCC2)c(O)c1.C/C(=C(\C)c1ccc(CN2CCCC2)c(O)c1)c1ccc(CN2CCCC2)c(O)c1. The zero-order valence-electron chi connectivity index (χ0n) is 36.6. The van der Waals surface area contributed by atoms with Gasteiger partial charge in [-0.3, -0.25) is 19.6 Å². The monoisotopic (exact) mass is 813 g/mol. The van der Waals surface area contributed by atoms with Gasteiger partial charge in [-0.2, -0.15) is 0 Å². The molecule has 0 spiro atoms. The van der Waals surface area contributed by atoms with Crippen molar-refractivity contribution in [3.63, 3.8) is 0 Å². The lowest BCUT2D eigenvalue weighted by Gasteiger charge is -2.17. The van der Waals surface area contributed by atoms with Gasteiger partial charge in [0.1, 0.15) is 23.0 Å². The molecule has 4 aliphatic heterocycles. The Labute approximate surface area is 359 Å². The maximum absolute atomic E-state index is 10.6. The Kier molecular flexibility index (Phi) is 14.7. The minimum atomic E-state index is 0.371. The molecule has 4 saturated heterocycles. The molecule has 4 N–H and O–H groups in total. The van der Waals surface area contributed by atoms with Crippen molar-refractivity contribution >= 4 is 22.3 Å². The maximum atomic E-state index is 10.6. The van der Waals surface area contributed by atoms with Gasteiger partial charge >= 0.3 is 0 Å². The summed E-state index contributed by atoms with van der Waals surface area (Å²) >= 11 is 0. The largest absolute Gasteiger partial charge is 0.508 e. The van der Waals surface area contributed by atoms with Crippen molar-refractivity contribution in [2.75, 3.05) is 52.4 Å². The number of hydrogen-bond donors (Lipinski definition) is 4. The van der Waals surface area contributed by atoms with Crippen LogP contribution < -0.4 is 0 Å². The maximum Gasteiger partial charge on any atom is 0.120 e. The first-order chi connectivity index (χ1) is 29.0. The summed E-state index contributed by atoms with van der Waals surface area (Å²) in [6.45, 7) is 20.6. The third-order valence-corrected chi connectivity index (χ3v) is 13.6. The van der Waals surface area contributed by atoms with Gasteiger partial charge in [0.25, 0.3) is 0 Å². The van der Waals surface area contributed by atoms with Crippen molar-refractivity contribution in [3.05, 3.63) is 117 Å². The fourth-order valence-electron chi connectivity index (χ4n) is 9.32. The molecule has 8 rings (SSSR count). The van der Waals surface area contributed by atoms with E-state index in [9.17, 15) is 20.4 Å². The van der Waals surface area contributed by atoms with Crippen molar-refractivity contribution in [3.8, 4) is 23.0 Å². The fraction of sp³-hybridized carbons (Fsp3) is 0.462. The van der Waals surface area contributed by atoms with E-state index in [-0.39, 0.29) is 0 Å². The molecule has 4 aromatic carbocycles. The van der Waals surface area contributed by atoms with Crippen molar-refractivity contribution in [2.24, 2.45) is 0 Å². The molecule has 8 heteroatoms. The molecule has 4 fully saturated rings. The van der Waals surface area contributed by atoms with E-state index < -0.39 is 0 Å². The summed E-state index contributed by atoms with van der Waals surface area (Å²) in [5, 5.41) is 42.3. The number of phenolic OH excluding ortho intramolecular Hbond substituents is 4. The number of hydrogen-bond acceptors (Lipinski definition) is 8. The molecule has 0 bridgehead atoms. The van der Waals surface area contributed by atoms with Crippen molar-refractivity contribution < 1.29 is 20.4 Å². The van der Waals surface area contributed by atoms with Crippen LogP contribution in [-0.4, -0.2) is 92.4 Å². The zero-order chi connectivity index (χ0) is 42.2. The molecule has 4 heterocycles. The van der Waals surface area contributed by atoms with Gasteiger partial charge in [0, 0.05) is 48.4 Å². The highest BCUT2D eigenvalue weighted by Crippen LogP contribution is 2.35. The van der Waals surface area contributed by atoms with Crippen LogP contribution in [0.1, 0.15) is 124 Å². The minimum Gasteiger partial charge on any atom is -0.508 e. The molecule has 0 amide bonds. The first-order valence-corrected chi connectivity index (χ1v) is 22.6. The van der Waals surface area contributed by atoms with Crippen molar-refractivity contribution in [1.82, 2.24) is 19.6 Å². The van der Waals surface area contributed by atoms with Crippen LogP contribution in [-0.2, 0) is 26.2 Å². The summed E-state index contributed by atoms with van der Waals surface area (Å²) in [6.07, 6.45) is 10.0. The van der Waals surface area contributed by atoms with E-state index in [1.165, 1.54) is 51.4 Å². The number of phenols is 4. The third kappa shape index (κ3) is 11.0. The standard InChI is InChI=1S/2C26H34N2O2/c2*1-19(21-7-9-23(25(29)15-21)17-27-11-3-4-12-27)20(2)22-8-10-24(26(30)16-22)18-28-13-5-6-14-28/h2*7-10,15-16,29-30H,3-6,11-14,17-18H2,1-2H3/b20-19+;20-19-. The van der Waals surface area contributed by atoms with E-state index >= 15 is 0 Å². The molecule has 60 heavy (non-hydrogen) atoms. The summed E-state index contributed by atoms with van der Waals surface area (Å²) in [7, 11) is 0. The second kappa shape index (κ2) is 20.3. The Balaban J connectivity index is 0.000000181. The Hall–Kier alpha value is -4.60. The van der Waals surface area contributed by atoms with Gasteiger partial charge in [0.2, 0.25) is 0 Å². The predicted octanol–water partition coefficient (Wildman–Crippen LogP) is 10.5. The highest BCUT2D eigenvalue weighted by Gasteiger charge is 2.19. The topological polar surface area (TPSA) is 93.9 Å². The number of aromatic hydroxyl groups is 4. The molecule has 0 aliphatic carbocycles. The number of likely N-dealkylation sites (tertiary alicyclic amines) is 4. The van der Waals surface area contributed by atoms with Crippen molar-refractivity contribution in [2.45, 2.75) is 105 Å². The van der Waals surface area contributed by atoms with Crippen LogP contribution in [0, 0.1) is 0 Å². The molecule has 4 aromatic rings. The molecule has 0 unspecified atom stereocenters. The van der Waals surface area contributed by atoms with Gasteiger partial charge in [-0.05, 0) is 200 Å². The van der Waals surface area contributed by atoms with Crippen LogP contribution in [0.4, 0.5) is 0 Å².